The predicted molar refractivity (Wildman–Crippen MR) is 196 cm³/mol. The number of unbranched alkanes of at least 4 members (excludes halogenated alkanes) is 8. The second-order valence-electron chi connectivity index (χ2n) is 12.5. The Hall–Kier alpha value is -4.58. The van der Waals surface area contributed by atoms with Crippen LogP contribution in [-0.2, 0) is 12.8 Å². The van der Waals surface area contributed by atoms with E-state index in [1.807, 2.05) is 72.8 Å². The van der Waals surface area contributed by atoms with Crippen molar-refractivity contribution in [3.8, 4) is 23.0 Å². The number of ether oxygens (including phenoxy) is 4. The van der Waals surface area contributed by atoms with Crippen LogP contribution in [0.3, 0.4) is 0 Å². The second kappa shape index (κ2) is 21.4. The Labute approximate surface area is 292 Å². The monoisotopic (exact) mass is 664 g/mol. The maximum Gasteiger partial charge on any atom is 0.343 e. The molecule has 4 aromatic carbocycles. The maximum atomic E-state index is 12.5. The lowest BCUT2D eigenvalue weighted by atomic mass is 10.0. The first-order valence-electron chi connectivity index (χ1n) is 18.1. The van der Waals surface area contributed by atoms with E-state index in [2.05, 4.69) is 13.8 Å². The summed E-state index contributed by atoms with van der Waals surface area (Å²) >= 11 is 0. The summed E-state index contributed by atoms with van der Waals surface area (Å²) in [7, 11) is 0. The largest absolute Gasteiger partial charge is 0.494 e. The summed E-state index contributed by atoms with van der Waals surface area (Å²) in [5.41, 5.74) is 3.53. The molecule has 0 unspecified atom stereocenters. The summed E-state index contributed by atoms with van der Waals surface area (Å²) in [4.78, 5) is 25.0. The Kier molecular flexibility index (Phi) is 16.3. The first-order valence-corrected chi connectivity index (χ1v) is 18.1. The molecule has 49 heavy (non-hydrogen) atoms. The Morgan fingerprint density at radius 3 is 1.08 bits per heavy atom. The summed E-state index contributed by atoms with van der Waals surface area (Å²) in [6, 6.07) is 29.9. The number of rotatable bonds is 22. The summed E-state index contributed by atoms with van der Waals surface area (Å²) in [6.45, 7) is 5.61. The molecule has 4 rings (SSSR count). The van der Waals surface area contributed by atoms with Crippen LogP contribution in [0.15, 0.2) is 97.1 Å². The summed E-state index contributed by atoms with van der Waals surface area (Å²) < 4.78 is 22.4. The molecule has 0 atom stereocenters. The van der Waals surface area contributed by atoms with Crippen LogP contribution in [0.1, 0.15) is 116 Å². The van der Waals surface area contributed by atoms with E-state index in [-0.39, 0.29) is 11.9 Å². The molecule has 0 bridgehead atoms. The van der Waals surface area contributed by atoms with E-state index in [0.29, 0.717) is 35.8 Å². The molecule has 260 valence electrons. The fourth-order valence-corrected chi connectivity index (χ4v) is 5.37. The zero-order chi connectivity index (χ0) is 34.5. The maximum absolute atomic E-state index is 12.5. The van der Waals surface area contributed by atoms with E-state index in [1.165, 1.54) is 43.2 Å². The van der Waals surface area contributed by atoms with Crippen LogP contribution in [0.25, 0.3) is 0 Å². The van der Waals surface area contributed by atoms with Gasteiger partial charge in [0, 0.05) is 0 Å². The molecule has 0 saturated carbocycles. The van der Waals surface area contributed by atoms with Crippen molar-refractivity contribution in [3.63, 3.8) is 0 Å². The fourth-order valence-electron chi connectivity index (χ4n) is 5.37. The molecule has 0 aromatic heterocycles. The van der Waals surface area contributed by atoms with Crippen LogP contribution in [-0.4, -0.2) is 25.2 Å². The lowest BCUT2D eigenvalue weighted by Crippen LogP contribution is -2.08. The standard InChI is InChI=1S/C43H52O6/c1-3-5-32-46-38-28-20-36(21-29-38)42(44)48-40-24-16-34(17-25-40)14-12-10-8-7-9-11-13-15-35-18-26-41(27-19-35)49-43(45)37-22-30-39(31-23-37)47-33-6-4-2/h16-31H,3-15,32-33H2,1-2H3. The van der Waals surface area contributed by atoms with Gasteiger partial charge < -0.3 is 18.9 Å². The van der Waals surface area contributed by atoms with Crippen molar-refractivity contribution >= 4 is 11.9 Å². The molecule has 0 aliphatic rings. The molecule has 4 aromatic rings. The molecule has 0 aliphatic heterocycles. The third kappa shape index (κ3) is 13.8. The summed E-state index contributed by atoms with van der Waals surface area (Å²) in [6.07, 6.45) is 14.7. The van der Waals surface area contributed by atoms with E-state index in [4.69, 9.17) is 18.9 Å². The van der Waals surface area contributed by atoms with Crippen molar-refractivity contribution in [1.82, 2.24) is 0 Å². The SMILES string of the molecule is CCCCOc1ccc(C(=O)Oc2ccc(CCCCCCCCCc3ccc(OC(=O)c4ccc(OCCCC)cc4)cc3)cc2)cc1. The molecule has 0 radical (unpaired) electrons. The zero-order valence-corrected chi connectivity index (χ0v) is 29.3. The summed E-state index contributed by atoms with van der Waals surface area (Å²) in [5.74, 6) is 1.92. The summed E-state index contributed by atoms with van der Waals surface area (Å²) in [5, 5.41) is 0. The van der Waals surface area contributed by atoms with Gasteiger partial charge in [-0.05, 0) is 122 Å². The molecule has 6 nitrogen and oxygen atoms in total. The van der Waals surface area contributed by atoms with Gasteiger partial charge in [-0.2, -0.15) is 0 Å². The third-order valence-corrected chi connectivity index (χ3v) is 8.41. The molecule has 0 heterocycles. The van der Waals surface area contributed by atoms with Crippen LogP contribution >= 0.6 is 0 Å². The topological polar surface area (TPSA) is 71.1 Å². The quantitative estimate of drug-likeness (QED) is 0.0473. The van der Waals surface area contributed by atoms with Gasteiger partial charge >= 0.3 is 11.9 Å². The minimum Gasteiger partial charge on any atom is -0.494 e. The Bertz CT molecular complexity index is 1390. The van der Waals surface area contributed by atoms with Crippen LogP contribution in [0.5, 0.6) is 23.0 Å². The highest BCUT2D eigenvalue weighted by Gasteiger charge is 2.10. The van der Waals surface area contributed by atoms with Crippen molar-refractivity contribution in [3.05, 3.63) is 119 Å². The molecule has 0 amide bonds. The highest BCUT2D eigenvalue weighted by Crippen LogP contribution is 2.20. The zero-order valence-electron chi connectivity index (χ0n) is 29.3. The first kappa shape index (κ1) is 37.2. The van der Waals surface area contributed by atoms with Gasteiger partial charge in [-0.1, -0.05) is 83.1 Å². The molecule has 0 saturated heterocycles. The molecular weight excluding hydrogens is 612 g/mol. The number of hydrogen-bond acceptors (Lipinski definition) is 6. The second-order valence-corrected chi connectivity index (χ2v) is 12.5. The third-order valence-electron chi connectivity index (χ3n) is 8.41. The van der Waals surface area contributed by atoms with Crippen LogP contribution in [0.2, 0.25) is 0 Å². The average molecular weight is 665 g/mol. The number of benzene rings is 4. The predicted octanol–water partition coefficient (Wildman–Crippen LogP) is 11.0. The van der Waals surface area contributed by atoms with Crippen molar-refractivity contribution in [1.29, 1.82) is 0 Å². The molecule has 0 spiro atoms. The van der Waals surface area contributed by atoms with Gasteiger partial charge in [0.25, 0.3) is 0 Å². The Morgan fingerprint density at radius 2 is 0.735 bits per heavy atom. The van der Waals surface area contributed by atoms with Gasteiger partial charge in [-0.3, -0.25) is 0 Å². The van der Waals surface area contributed by atoms with E-state index >= 15 is 0 Å². The van der Waals surface area contributed by atoms with Crippen LogP contribution in [0, 0.1) is 0 Å². The molecular formula is C43H52O6. The molecule has 6 heteroatoms. The molecule has 0 aliphatic carbocycles. The fraction of sp³-hybridized carbons (Fsp3) is 0.395. The van der Waals surface area contributed by atoms with Gasteiger partial charge in [0.15, 0.2) is 0 Å². The van der Waals surface area contributed by atoms with Crippen molar-refractivity contribution in [2.45, 2.75) is 97.3 Å². The van der Waals surface area contributed by atoms with Gasteiger partial charge in [-0.15, -0.1) is 0 Å². The van der Waals surface area contributed by atoms with E-state index in [0.717, 1.165) is 62.9 Å². The number of aryl methyl sites for hydroxylation is 2. The van der Waals surface area contributed by atoms with Crippen molar-refractivity contribution < 1.29 is 28.5 Å². The molecule has 0 fully saturated rings. The van der Waals surface area contributed by atoms with Crippen molar-refractivity contribution in [2.24, 2.45) is 0 Å². The first-order chi connectivity index (χ1) is 24.0. The Morgan fingerprint density at radius 1 is 0.408 bits per heavy atom. The minimum absolute atomic E-state index is 0.365. The van der Waals surface area contributed by atoms with Gasteiger partial charge in [0.2, 0.25) is 0 Å². The Balaban J connectivity index is 1.02. The average Bonchev–Trinajstić information content (AvgIpc) is 3.13. The van der Waals surface area contributed by atoms with E-state index in [9.17, 15) is 9.59 Å². The van der Waals surface area contributed by atoms with E-state index in [1.54, 1.807) is 24.3 Å². The number of esters is 2. The minimum atomic E-state index is -0.365. The number of carbonyl (C=O) groups excluding carboxylic acids is 2. The van der Waals surface area contributed by atoms with E-state index < -0.39 is 0 Å². The smallest absolute Gasteiger partial charge is 0.343 e. The van der Waals surface area contributed by atoms with Gasteiger partial charge in [0.1, 0.15) is 23.0 Å². The van der Waals surface area contributed by atoms with Gasteiger partial charge in [-0.25, -0.2) is 9.59 Å². The van der Waals surface area contributed by atoms with Crippen molar-refractivity contribution in [2.75, 3.05) is 13.2 Å². The lowest BCUT2D eigenvalue weighted by Gasteiger charge is -2.08. The van der Waals surface area contributed by atoms with Gasteiger partial charge in [0.05, 0.1) is 24.3 Å². The lowest BCUT2D eigenvalue weighted by molar-refractivity contribution is 0.0725. The number of hydrogen-bond donors (Lipinski definition) is 0. The molecule has 0 N–H and O–H groups in total. The highest BCUT2D eigenvalue weighted by molar-refractivity contribution is 5.91. The van der Waals surface area contributed by atoms with Crippen LogP contribution in [0.4, 0.5) is 0 Å². The van der Waals surface area contributed by atoms with Crippen LogP contribution < -0.4 is 18.9 Å². The normalized spacial score (nSPS) is 10.8. The highest BCUT2D eigenvalue weighted by atomic mass is 16.5. The number of carbonyl (C=O) groups is 2.